The van der Waals surface area contributed by atoms with Crippen molar-refractivity contribution in [2.45, 2.75) is 19.2 Å². The van der Waals surface area contributed by atoms with Crippen LogP contribution in [0.15, 0.2) is 23.8 Å². The summed E-state index contributed by atoms with van der Waals surface area (Å²) in [5.74, 6) is -1.04. The number of hydrogen-bond donors (Lipinski definition) is 0. The number of rotatable bonds is 2. The average molecular weight is 307 g/mol. The molecule has 0 N–H and O–H groups in total. The Labute approximate surface area is 117 Å². The van der Waals surface area contributed by atoms with Crippen molar-refractivity contribution in [3.63, 3.8) is 0 Å². The van der Waals surface area contributed by atoms with Gasteiger partial charge in [-0.2, -0.15) is 13.2 Å². The Morgan fingerprint density at radius 3 is 2.75 bits per heavy atom. The monoisotopic (exact) mass is 306 g/mol. The van der Waals surface area contributed by atoms with Crippen molar-refractivity contribution in [1.29, 1.82) is 0 Å². The molecular formula is C13H10ClF3O3. The fourth-order valence-electron chi connectivity index (χ4n) is 1.80. The molecule has 0 amide bonds. The summed E-state index contributed by atoms with van der Waals surface area (Å²) in [6, 6.07) is 4.16. The number of carbonyl (C=O) groups is 1. The number of halogens is 4. The highest BCUT2D eigenvalue weighted by Gasteiger charge is 2.48. The molecule has 7 heteroatoms. The Kier molecular flexibility index (Phi) is 3.94. The molecule has 1 heterocycles. The van der Waals surface area contributed by atoms with Gasteiger partial charge in [0.15, 0.2) is 0 Å². The molecule has 0 saturated heterocycles. The van der Waals surface area contributed by atoms with Gasteiger partial charge in [0.05, 0.1) is 12.2 Å². The summed E-state index contributed by atoms with van der Waals surface area (Å²) >= 11 is 5.77. The summed E-state index contributed by atoms with van der Waals surface area (Å²) in [6.45, 7) is 1.48. The van der Waals surface area contributed by atoms with Gasteiger partial charge in [-0.3, -0.25) is 0 Å². The first-order valence-corrected chi connectivity index (χ1v) is 6.12. The lowest BCUT2D eigenvalue weighted by Crippen LogP contribution is -2.40. The van der Waals surface area contributed by atoms with E-state index in [2.05, 4.69) is 4.74 Å². The van der Waals surface area contributed by atoms with E-state index >= 15 is 0 Å². The molecule has 1 unspecified atom stereocenters. The predicted molar refractivity (Wildman–Crippen MR) is 66.5 cm³/mol. The maximum atomic E-state index is 13.0. The third-order valence-corrected chi connectivity index (χ3v) is 2.85. The molecule has 1 aromatic carbocycles. The lowest BCUT2D eigenvalue weighted by molar-refractivity contribution is -0.187. The van der Waals surface area contributed by atoms with Gasteiger partial charge in [-0.1, -0.05) is 11.6 Å². The summed E-state index contributed by atoms with van der Waals surface area (Å²) in [6.07, 6.45) is -5.95. The van der Waals surface area contributed by atoms with E-state index in [1.807, 2.05) is 0 Å². The first-order valence-electron chi connectivity index (χ1n) is 5.74. The Hall–Kier alpha value is -1.69. The summed E-state index contributed by atoms with van der Waals surface area (Å²) in [4.78, 5) is 11.6. The van der Waals surface area contributed by atoms with E-state index in [-0.39, 0.29) is 12.4 Å². The summed E-state index contributed by atoms with van der Waals surface area (Å²) < 4.78 is 48.4. The van der Waals surface area contributed by atoms with Crippen molar-refractivity contribution < 1.29 is 27.4 Å². The quantitative estimate of drug-likeness (QED) is 0.783. The fraction of sp³-hybridized carbons (Fsp3) is 0.308. The van der Waals surface area contributed by atoms with Gasteiger partial charge in [0, 0.05) is 10.6 Å². The van der Waals surface area contributed by atoms with E-state index in [4.69, 9.17) is 16.3 Å². The molecule has 0 radical (unpaired) electrons. The van der Waals surface area contributed by atoms with Crippen molar-refractivity contribution in [1.82, 2.24) is 0 Å². The van der Waals surface area contributed by atoms with E-state index in [1.54, 1.807) is 0 Å². The van der Waals surface area contributed by atoms with Crippen molar-refractivity contribution in [2.75, 3.05) is 6.61 Å². The highest BCUT2D eigenvalue weighted by Crippen LogP contribution is 2.38. The van der Waals surface area contributed by atoms with E-state index in [0.717, 1.165) is 6.08 Å². The van der Waals surface area contributed by atoms with Gasteiger partial charge in [-0.15, -0.1) is 0 Å². The van der Waals surface area contributed by atoms with Crippen LogP contribution in [0.1, 0.15) is 12.5 Å². The van der Waals surface area contributed by atoms with Gasteiger partial charge < -0.3 is 9.47 Å². The second-order valence-corrected chi connectivity index (χ2v) is 4.48. The molecule has 1 aliphatic rings. The van der Waals surface area contributed by atoms with Crippen LogP contribution in [0, 0.1) is 0 Å². The van der Waals surface area contributed by atoms with Crippen LogP contribution in [0.4, 0.5) is 13.2 Å². The minimum absolute atomic E-state index is 0.0183. The zero-order valence-electron chi connectivity index (χ0n) is 10.3. The number of alkyl halides is 3. The number of fused-ring (bicyclic) bond motifs is 1. The summed E-state index contributed by atoms with van der Waals surface area (Å²) in [7, 11) is 0. The van der Waals surface area contributed by atoms with E-state index < -0.39 is 23.8 Å². The van der Waals surface area contributed by atoms with Crippen LogP contribution in [0.25, 0.3) is 6.08 Å². The SMILES string of the molecule is CCOC(=O)C1=Cc2cc(Cl)ccc2OC1C(F)(F)F. The minimum Gasteiger partial charge on any atom is -0.475 e. The largest absolute Gasteiger partial charge is 0.475 e. The Balaban J connectivity index is 2.48. The topological polar surface area (TPSA) is 35.5 Å². The number of ether oxygens (including phenoxy) is 2. The zero-order valence-corrected chi connectivity index (χ0v) is 11.1. The molecule has 1 aromatic rings. The van der Waals surface area contributed by atoms with Crippen LogP contribution in [0.3, 0.4) is 0 Å². The third-order valence-electron chi connectivity index (χ3n) is 2.62. The summed E-state index contributed by atoms with van der Waals surface area (Å²) in [5, 5.41) is 0.331. The van der Waals surface area contributed by atoms with Crippen LogP contribution in [0.2, 0.25) is 5.02 Å². The molecule has 2 rings (SSSR count). The molecule has 1 atom stereocenters. The van der Waals surface area contributed by atoms with Gasteiger partial charge >= 0.3 is 12.1 Å². The Morgan fingerprint density at radius 2 is 2.15 bits per heavy atom. The van der Waals surface area contributed by atoms with Gasteiger partial charge in [0.2, 0.25) is 6.10 Å². The highest BCUT2D eigenvalue weighted by molar-refractivity contribution is 6.30. The first kappa shape index (κ1) is 14.7. The maximum Gasteiger partial charge on any atom is 0.430 e. The maximum absolute atomic E-state index is 13.0. The predicted octanol–water partition coefficient (Wildman–Crippen LogP) is 3.61. The summed E-state index contributed by atoms with van der Waals surface area (Å²) in [5.41, 5.74) is -0.282. The van der Waals surface area contributed by atoms with E-state index in [9.17, 15) is 18.0 Å². The number of carbonyl (C=O) groups excluding carboxylic acids is 1. The number of benzene rings is 1. The second kappa shape index (κ2) is 5.36. The molecule has 0 aliphatic carbocycles. The van der Waals surface area contributed by atoms with Crippen LogP contribution in [-0.2, 0) is 9.53 Å². The van der Waals surface area contributed by atoms with Crippen LogP contribution in [0.5, 0.6) is 5.75 Å². The van der Waals surface area contributed by atoms with Crippen molar-refractivity contribution in [2.24, 2.45) is 0 Å². The average Bonchev–Trinajstić information content (AvgIpc) is 2.36. The van der Waals surface area contributed by atoms with Crippen molar-refractivity contribution in [3.8, 4) is 5.75 Å². The number of esters is 1. The molecular weight excluding hydrogens is 297 g/mol. The van der Waals surface area contributed by atoms with Gasteiger partial charge in [-0.25, -0.2) is 4.79 Å². The molecule has 0 bridgehead atoms. The lowest BCUT2D eigenvalue weighted by Gasteiger charge is -2.27. The van der Waals surface area contributed by atoms with Gasteiger partial charge in [0.25, 0.3) is 0 Å². The van der Waals surface area contributed by atoms with Crippen LogP contribution in [-0.4, -0.2) is 24.9 Å². The van der Waals surface area contributed by atoms with E-state index in [1.165, 1.54) is 25.1 Å². The smallest absolute Gasteiger partial charge is 0.430 e. The molecule has 20 heavy (non-hydrogen) atoms. The molecule has 108 valence electrons. The first-order chi connectivity index (χ1) is 9.32. The molecule has 1 aliphatic heterocycles. The second-order valence-electron chi connectivity index (χ2n) is 4.04. The zero-order chi connectivity index (χ0) is 14.9. The van der Waals surface area contributed by atoms with E-state index in [0.29, 0.717) is 10.6 Å². The van der Waals surface area contributed by atoms with Gasteiger partial charge in [-0.05, 0) is 31.2 Å². The standard InChI is InChI=1S/C13H10ClF3O3/c1-2-19-12(18)9-6-7-5-8(14)3-4-10(7)20-11(9)13(15,16)17/h3-6,11H,2H2,1H3. The fourth-order valence-corrected chi connectivity index (χ4v) is 1.98. The Bertz CT molecular complexity index is 566. The van der Waals surface area contributed by atoms with Crippen molar-refractivity contribution >= 4 is 23.6 Å². The normalized spacial score (nSPS) is 17.9. The number of hydrogen-bond acceptors (Lipinski definition) is 3. The molecule has 0 saturated carbocycles. The van der Waals surface area contributed by atoms with Crippen molar-refractivity contribution in [3.05, 3.63) is 34.4 Å². The molecule has 0 aromatic heterocycles. The third kappa shape index (κ3) is 2.90. The Morgan fingerprint density at radius 1 is 1.45 bits per heavy atom. The van der Waals surface area contributed by atoms with Crippen LogP contribution >= 0.6 is 11.6 Å². The van der Waals surface area contributed by atoms with Crippen LogP contribution < -0.4 is 4.74 Å². The van der Waals surface area contributed by atoms with Gasteiger partial charge in [0.1, 0.15) is 5.75 Å². The molecule has 3 nitrogen and oxygen atoms in total. The molecule has 0 fully saturated rings. The minimum atomic E-state index is -4.71. The molecule has 0 spiro atoms. The lowest BCUT2D eigenvalue weighted by atomic mass is 10.0. The highest BCUT2D eigenvalue weighted by atomic mass is 35.5.